The number of fused-ring (bicyclic) bond motifs is 1. The third-order valence-electron chi connectivity index (χ3n) is 4.39. The predicted octanol–water partition coefficient (Wildman–Crippen LogP) is 2.01. The smallest absolute Gasteiger partial charge is 0.146 e. The molecule has 1 fully saturated rings. The number of nitrogens with two attached hydrogens (primary N) is 1. The van der Waals surface area contributed by atoms with Crippen LogP contribution in [0.25, 0.3) is 0 Å². The highest BCUT2D eigenvalue weighted by atomic mass is 15.2. The van der Waals surface area contributed by atoms with Crippen LogP contribution in [0.5, 0.6) is 0 Å². The number of aromatic nitrogens is 1. The molecule has 0 saturated carbocycles. The van der Waals surface area contributed by atoms with Gasteiger partial charge in [-0.25, -0.2) is 4.98 Å². The van der Waals surface area contributed by atoms with Crippen LogP contribution in [0, 0.1) is 17.2 Å². The molecule has 2 heterocycles. The van der Waals surface area contributed by atoms with Gasteiger partial charge in [-0.15, -0.1) is 0 Å². The van der Waals surface area contributed by atoms with E-state index in [-0.39, 0.29) is 6.04 Å². The van der Waals surface area contributed by atoms with Crippen molar-refractivity contribution in [3.8, 4) is 6.07 Å². The summed E-state index contributed by atoms with van der Waals surface area (Å²) in [6.07, 6.45) is 5.59. The molecule has 1 aromatic heterocycles. The topological polar surface area (TPSA) is 65.9 Å². The fourth-order valence-electron chi connectivity index (χ4n) is 3.52. The Kier molecular flexibility index (Phi) is 3.62. The van der Waals surface area contributed by atoms with Gasteiger partial charge in [0.05, 0.1) is 5.56 Å². The van der Waals surface area contributed by atoms with Crippen LogP contribution in [-0.2, 0) is 12.8 Å². The van der Waals surface area contributed by atoms with E-state index in [0.717, 1.165) is 38.2 Å². The number of piperidine rings is 1. The molecular weight excluding hydrogens is 248 g/mol. The molecule has 20 heavy (non-hydrogen) atoms. The Balaban J connectivity index is 1.97. The van der Waals surface area contributed by atoms with Crippen molar-refractivity contribution in [2.45, 2.75) is 45.1 Å². The average Bonchev–Trinajstić information content (AvgIpc) is 2.44. The largest absolute Gasteiger partial charge is 0.354 e. The van der Waals surface area contributed by atoms with Gasteiger partial charge in [-0.2, -0.15) is 5.26 Å². The van der Waals surface area contributed by atoms with Crippen molar-refractivity contribution in [2.24, 2.45) is 11.7 Å². The number of rotatable bonds is 1. The second-order valence-electron chi connectivity index (χ2n) is 6.29. The fraction of sp³-hybridized carbons (Fsp3) is 0.625. The van der Waals surface area contributed by atoms with Gasteiger partial charge in [0.1, 0.15) is 11.9 Å². The maximum absolute atomic E-state index is 9.43. The van der Waals surface area contributed by atoms with Gasteiger partial charge in [0, 0.05) is 24.8 Å². The van der Waals surface area contributed by atoms with Crippen LogP contribution in [0.15, 0.2) is 6.07 Å². The summed E-state index contributed by atoms with van der Waals surface area (Å²) in [6, 6.07) is 4.57. The van der Waals surface area contributed by atoms with Crippen molar-refractivity contribution >= 4 is 5.82 Å². The lowest BCUT2D eigenvalue weighted by atomic mass is 9.93. The van der Waals surface area contributed by atoms with Crippen molar-refractivity contribution in [2.75, 3.05) is 18.0 Å². The highest BCUT2D eigenvalue weighted by Crippen LogP contribution is 2.29. The van der Waals surface area contributed by atoms with E-state index >= 15 is 0 Å². The highest BCUT2D eigenvalue weighted by Gasteiger charge is 2.26. The Labute approximate surface area is 120 Å². The average molecular weight is 270 g/mol. The van der Waals surface area contributed by atoms with Gasteiger partial charge in [-0.05, 0) is 49.7 Å². The second kappa shape index (κ2) is 5.41. The summed E-state index contributed by atoms with van der Waals surface area (Å²) in [4.78, 5) is 7.04. The maximum Gasteiger partial charge on any atom is 0.146 e. The molecule has 1 aliphatic carbocycles. The highest BCUT2D eigenvalue weighted by molar-refractivity contribution is 5.57. The summed E-state index contributed by atoms with van der Waals surface area (Å²) < 4.78 is 0. The molecule has 0 amide bonds. The number of nitrogens with zero attached hydrogens (tertiary/aromatic N) is 3. The summed E-state index contributed by atoms with van der Waals surface area (Å²) >= 11 is 0. The lowest BCUT2D eigenvalue weighted by molar-refractivity contribution is 0.399. The first-order chi connectivity index (χ1) is 9.67. The number of nitriles is 1. The molecule has 0 bridgehead atoms. The minimum Gasteiger partial charge on any atom is -0.354 e. The molecule has 3 rings (SSSR count). The third kappa shape index (κ3) is 2.51. The number of aryl methyl sites for hydroxylation is 2. The molecule has 4 nitrogen and oxygen atoms in total. The van der Waals surface area contributed by atoms with Gasteiger partial charge < -0.3 is 10.6 Å². The van der Waals surface area contributed by atoms with Crippen LogP contribution in [0.2, 0.25) is 0 Å². The quantitative estimate of drug-likeness (QED) is 0.847. The Hall–Kier alpha value is -1.60. The summed E-state index contributed by atoms with van der Waals surface area (Å²) in [5, 5.41) is 9.43. The molecular formula is C16H22N4. The zero-order chi connectivity index (χ0) is 14.1. The normalized spacial score (nSPS) is 25.9. The molecule has 1 saturated heterocycles. The molecule has 0 aromatic carbocycles. The first-order valence-corrected chi connectivity index (χ1v) is 7.61. The molecule has 2 aliphatic rings. The van der Waals surface area contributed by atoms with E-state index in [0.29, 0.717) is 11.5 Å². The second-order valence-corrected chi connectivity index (χ2v) is 6.29. The predicted molar refractivity (Wildman–Crippen MR) is 79.6 cm³/mol. The van der Waals surface area contributed by atoms with Crippen molar-refractivity contribution in [1.82, 2.24) is 4.98 Å². The van der Waals surface area contributed by atoms with Crippen molar-refractivity contribution in [3.63, 3.8) is 0 Å². The number of hydrogen-bond acceptors (Lipinski definition) is 4. The molecule has 0 spiro atoms. The molecule has 0 radical (unpaired) electrons. The van der Waals surface area contributed by atoms with Crippen LogP contribution < -0.4 is 10.6 Å². The third-order valence-corrected chi connectivity index (χ3v) is 4.39. The van der Waals surface area contributed by atoms with Gasteiger partial charge in [0.15, 0.2) is 0 Å². The molecule has 1 aliphatic heterocycles. The Morgan fingerprint density at radius 1 is 1.35 bits per heavy atom. The summed E-state index contributed by atoms with van der Waals surface area (Å²) in [5.41, 5.74) is 9.31. The van der Waals surface area contributed by atoms with Crippen LogP contribution >= 0.6 is 0 Å². The van der Waals surface area contributed by atoms with Gasteiger partial charge in [0.25, 0.3) is 0 Å². The van der Waals surface area contributed by atoms with Crippen molar-refractivity contribution < 1.29 is 0 Å². The van der Waals surface area contributed by atoms with E-state index in [1.54, 1.807) is 0 Å². The van der Waals surface area contributed by atoms with Gasteiger partial charge in [-0.1, -0.05) is 6.92 Å². The number of hydrogen-bond donors (Lipinski definition) is 1. The fourth-order valence-corrected chi connectivity index (χ4v) is 3.52. The molecule has 1 aromatic rings. The van der Waals surface area contributed by atoms with E-state index in [2.05, 4.69) is 24.0 Å². The minimum absolute atomic E-state index is 0.183. The summed E-state index contributed by atoms with van der Waals surface area (Å²) in [6.45, 7) is 3.98. The molecule has 2 atom stereocenters. The van der Waals surface area contributed by atoms with Gasteiger partial charge in [-0.3, -0.25) is 0 Å². The first kappa shape index (κ1) is 13.4. The van der Waals surface area contributed by atoms with Crippen LogP contribution in [0.4, 0.5) is 5.82 Å². The van der Waals surface area contributed by atoms with Crippen molar-refractivity contribution in [1.29, 1.82) is 5.26 Å². The minimum atomic E-state index is 0.183. The molecule has 4 heteroatoms. The van der Waals surface area contributed by atoms with E-state index in [1.807, 2.05) is 0 Å². The summed E-state index contributed by atoms with van der Waals surface area (Å²) in [5.74, 6) is 1.42. The Morgan fingerprint density at radius 2 is 2.15 bits per heavy atom. The zero-order valence-electron chi connectivity index (χ0n) is 12.1. The lowest BCUT2D eigenvalue weighted by Crippen LogP contribution is -2.47. The zero-order valence-corrected chi connectivity index (χ0v) is 12.1. The standard InChI is InChI=1S/C16H22N4/c1-11-6-14(18)10-20(9-11)16-13(8-17)7-12-4-2-3-5-15(12)19-16/h7,11,14H,2-6,9-10,18H2,1H3. The van der Waals surface area contributed by atoms with Crippen LogP contribution in [0.1, 0.15) is 43.0 Å². The van der Waals surface area contributed by atoms with E-state index in [4.69, 9.17) is 10.7 Å². The SMILES string of the molecule is CC1CC(N)CN(c2nc3c(cc2C#N)CCCC3)C1. The van der Waals surface area contributed by atoms with E-state index < -0.39 is 0 Å². The number of pyridine rings is 1. The van der Waals surface area contributed by atoms with Crippen LogP contribution in [-0.4, -0.2) is 24.1 Å². The van der Waals surface area contributed by atoms with E-state index in [1.165, 1.54) is 24.1 Å². The lowest BCUT2D eigenvalue weighted by Gasteiger charge is -2.36. The number of anilines is 1. The Bertz CT molecular complexity index is 536. The van der Waals surface area contributed by atoms with Gasteiger partial charge in [0.2, 0.25) is 0 Å². The van der Waals surface area contributed by atoms with E-state index in [9.17, 15) is 5.26 Å². The van der Waals surface area contributed by atoms with Crippen LogP contribution in [0.3, 0.4) is 0 Å². The molecule has 2 N–H and O–H groups in total. The molecule has 2 unspecified atom stereocenters. The monoisotopic (exact) mass is 270 g/mol. The summed E-state index contributed by atoms with van der Waals surface area (Å²) in [7, 11) is 0. The van der Waals surface area contributed by atoms with Crippen molar-refractivity contribution in [3.05, 3.63) is 22.9 Å². The molecule has 106 valence electrons. The first-order valence-electron chi connectivity index (χ1n) is 7.61. The van der Waals surface area contributed by atoms with Gasteiger partial charge >= 0.3 is 0 Å². The Morgan fingerprint density at radius 3 is 2.90 bits per heavy atom. The maximum atomic E-state index is 9.43.